The molecule has 20 heavy (non-hydrogen) atoms. The van der Waals surface area contributed by atoms with Crippen molar-refractivity contribution in [3.8, 4) is 0 Å². The third-order valence-corrected chi connectivity index (χ3v) is 4.82. The molecule has 0 spiro atoms. The predicted molar refractivity (Wildman–Crippen MR) is 80.7 cm³/mol. The fraction of sp³-hybridized carbons (Fsp3) is 0.250. The smallest absolute Gasteiger partial charge is 0.256 e. The van der Waals surface area contributed by atoms with E-state index >= 15 is 0 Å². The van der Waals surface area contributed by atoms with Crippen molar-refractivity contribution in [2.24, 2.45) is 0 Å². The summed E-state index contributed by atoms with van der Waals surface area (Å²) < 4.78 is 0. The van der Waals surface area contributed by atoms with Crippen LogP contribution in [0.2, 0.25) is 0 Å². The Labute approximate surface area is 121 Å². The van der Waals surface area contributed by atoms with Gasteiger partial charge in [0.05, 0.1) is 5.56 Å². The Hall–Kier alpha value is -1.94. The van der Waals surface area contributed by atoms with Crippen LogP contribution in [0.1, 0.15) is 44.0 Å². The number of rotatable bonds is 3. The van der Waals surface area contributed by atoms with Crippen molar-refractivity contribution in [2.75, 3.05) is 5.32 Å². The number of fused-ring (bicyclic) bond motifs is 1. The maximum Gasteiger partial charge on any atom is 0.256 e. The second-order valence-electron chi connectivity index (χ2n) is 4.89. The van der Waals surface area contributed by atoms with Crippen LogP contribution in [0.5, 0.6) is 0 Å². The number of carbonyl (C=O) groups excluding carboxylic acids is 2. The summed E-state index contributed by atoms with van der Waals surface area (Å²) in [5.41, 5.74) is 2.42. The van der Waals surface area contributed by atoms with Gasteiger partial charge in [0.15, 0.2) is 6.29 Å². The van der Waals surface area contributed by atoms with Gasteiger partial charge in [-0.1, -0.05) is 18.2 Å². The fourth-order valence-electron chi connectivity index (χ4n) is 2.57. The van der Waals surface area contributed by atoms with Crippen LogP contribution < -0.4 is 5.32 Å². The van der Waals surface area contributed by atoms with Gasteiger partial charge in [-0.15, -0.1) is 11.3 Å². The summed E-state index contributed by atoms with van der Waals surface area (Å²) in [5, 5.41) is 3.58. The Kier molecular flexibility index (Phi) is 3.65. The molecule has 0 fully saturated rings. The molecule has 1 aliphatic carbocycles. The molecule has 0 bridgehead atoms. The standard InChI is InChI=1S/C16H15NO2S/c18-10-13-12-8-4-5-9-14(12)20-16(13)17-15(19)11-6-2-1-3-7-11/h1-3,6-7,10H,4-5,8-9H2,(H,17,19). The number of carbonyl (C=O) groups is 2. The number of hydrogen-bond acceptors (Lipinski definition) is 3. The van der Waals surface area contributed by atoms with Crippen molar-refractivity contribution in [1.29, 1.82) is 0 Å². The van der Waals surface area contributed by atoms with Crippen LogP contribution in [0.3, 0.4) is 0 Å². The quantitative estimate of drug-likeness (QED) is 0.874. The topological polar surface area (TPSA) is 46.2 Å². The van der Waals surface area contributed by atoms with Gasteiger partial charge in [-0.3, -0.25) is 9.59 Å². The molecule has 2 aromatic rings. The summed E-state index contributed by atoms with van der Waals surface area (Å²) >= 11 is 1.55. The summed E-state index contributed by atoms with van der Waals surface area (Å²) in [6, 6.07) is 9.06. The minimum absolute atomic E-state index is 0.160. The first-order valence-corrected chi connectivity index (χ1v) is 7.57. The van der Waals surface area contributed by atoms with E-state index in [1.54, 1.807) is 23.5 Å². The van der Waals surface area contributed by atoms with Crippen molar-refractivity contribution in [3.63, 3.8) is 0 Å². The van der Waals surface area contributed by atoms with Crippen molar-refractivity contribution >= 4 is 28.5 Å². The van der Waals surface area contributed by atoms with Crippen LogP contribution in [0, 0.1) is 0 Å². The molecule has 3 rings (SSSR count). The Morgan fingerprint density at radius 2 is 1.90 bits per heavy atom. The van der Waals surface area contributed by atoms with E-state index in [1.807, 2.05) is 18.2 Å². The normalized spacial score (nSPS) is 13.6. The highest BCUT2D eigenvalue weighted by Gasteiger charge is 2.21. The molecule has 0 atom stereocenters. The van der Waals surface area contributed by atoms with Gasteiger partial charge in [-0.25, -0.2) is 0 Å². The number of aryl methyl sites for hydroxylation is 1. The Morgan fingerprint density at radius 1 is 1.15 bits per heavy atom. The molecule has 0 unspecified atom stereocenters. The molecule has 3 nitrogen and oxygen atoms in total. The number of aldehydes is 1. The SMILES string of the molecule is O=Cc1c(NC(=O)c2ccccc2)sc2c1CCCC2. The van der Waals surface area contributed by atoms with E-state index in [0.29, 0.717) is 16.1 Å². The first-order valence-electron chi connectivity index (χ1n) is 6.75. The van der Waals surface area contributed by atoms with Crippen LogP contribution in [0.25, 0.3) is 0 Å². The Bertz CT molecular complexity index is 646. The number of nitrogens with one attached hydrogen (secondary N) is 1. The summed E-state index contributed by atoms with van der Waals surface area (Å²) in [6.07, 6.45) is 5.12. The molecule has 0 saturated heterocycles. The molecule has 0 radical (unpaired) electrons. The molecule has 1 N–H and O–H groups in total. The lowest BCUT2D eigenvalue weighted by molar-refractivity contribution is 0.102. The molecular weight excluding hydrogens is 270 g/mol. The highest BCUT2D eigenvalue weighted by atomic mass is 32.1. The largest absolute Gasteiger partial charge is 0.313 e. The van der Waals surface area contributed by atoms with Crippen molar-refractivity contribution < 1.29 is 9.59 Å². The van der Waals surface area contributed by atoms with Crippen LogP contribution in [0.15, 0.2) is 30.3 Å². The number of amides is 1. The van der Waals surface area contributed by atoms with E-state index in [-0.39, 0.29) is 5.91 Å². The monoisotopic (exact) mass is 285 g/mol. The van der Waals surface area contributed by atoms with Crippen molar-refractivity contribution in [1.82, 2.24) is 0 Å². The molecule has 1 amide bonds. The summed E-state index contributed by atoms with van der Waals surface area (Å²) in [5.74, 6) is -0.160. The molecule has 1 aromatic heterocycles. The van der Waals surface area contributed by atoms with Gasteiger partial charge >= 0.3 is 0 Å². The Morgan fingerprint density at radius 3 is 2.65 bits per heavy atom. The van der Waals surface area contributed by atoms with E-state index in [9.17, 15) is 9.59 Å². The van der Waals surface area contributed by atoms with E-state index in [0.717, 1.165) is 37.5 Å². The third kappa shape index (κ3) is 2.39. The van der Waals surface area contributed by atoms with Crippen molar-refractivity contribution in [2.45, 2.75) is 25.7 Å². The van der Waals surface area contributed by atoms with E-state index in [1.165, 1.54) is 4.88 Å². The summed E-state index contributed by atoms with van der Waals surface area (Å²) in [6.45, 7) is 0. The number of hydrogen-bond donors (Lipinski definition) is 1. The second kappa shape index (κ2) is 5.59. The van der Waals surface area contributed by atoms with Crippen LogP contribution >= 0.6 is 11.3 Å². The third-order valence-electron chi connectivity index (χ3n) is 3.59. The maximum atomic E-state index is 12.2. The molecule has 1 aromatic carbocycles. The molecule has 1 heterocycles. The minimum Gasteiger partial charge on any atom is -0.313 e. The fourth-order valence-corrected chi connectivity index (χ4v) is 3.83. The van der Waals surface area contributed by atoms with Crippen LogP contribution in [-0.2, 0) is 12.8 Å². The summed E-state index contributed by atoms with van der Waals surface area (Å²) in [4.78, 5) is 24.8. The highest BCUT2D eigenvalue weighted by Crippen LogP contribution is 2.37. The Balaban J connectivity index is 1.89. The predicted octanol–water partition coefficient (Wildman–Crippen LogP) is 3.69. The molecule has 0 aliphatic heterocycles. The van der Waals surface area contributed by atoms with Gasteiger partial charge < -0.3 is 5.32 Å². The molecular formula is C16H15NO2S. The minimum atomic E-state index is -0.160. The van der Waals surface area contributed by atoms with Gasteiger partial charge in [0.1, 0.15) is 5.00 Å². The zero-order valence-corrected chi connectivity index (χ0v) is 11.8. The molecule has 4 heteroatoms. The molecule has 1 aliphatic rings. The lowest BCUT2D eigenvalue weighted by Crippen LogP contribution is -2.12. The van der Waals surface area contributed by atoms with E-state index < -0.39 is 0 Å². The second-order valence-corrected chi connectivity index (χ2v) is 6.00. The average Bonchev–Trinajstić information content (AvgIpc) is 2.85. The lowest BCUT2D eigenvalue weighted by Gasteiger charge is -2.10. The first-order chi connectivity index (χ1) is 9.79. The van der Waals surface area contributed by atoms with Crippen molar-refractivity contribution in [3.05, 3.63) is 51.9 Å². The molecule has 102 valence electrons. The number of thiophene rings is 1. The van der Waals surface area contributed by atoms with Gasteiger partial charge in [-0.05, 0) is 43.4 Å². The van der Waals surface area contributed by atoms with Gasteiger partial charge in [-0.2, -0.15) is 0 Å². The lowest BCUT2D eigenvalue weighted by atomic mass is 9.96. The van der Waals surface area contributed by atoms with E-state index in [4.69, 9.17) is 0 Å². The van der Waals surface area contributed by atoms with Gasteiger partial charge in [0.2, 0.25) is 0 Å². The zero-order chi connectivity index (χ0) is 13.9. The molecule has 0 saturated carbocycles. The number of benzene rings is 1. The maximum absolute atomic E-state index is 12.2. The van der Waals surface area contributed by atoms with E-state index in [2.05, 4.69) is 5.32 Å². The number of anilines is 1. The average molecular weight is 285 g/mol. The summed E-state index contributed by atoms with van der Waals surface area (Å²) in [7, 11) is 0. The van der Waals surface area contributed by atoms with Crippen LogP contribution in [-0.4, -0.2) is 12.2 Å². The highest BCUT2D eigenvalue weighted by molar-refractivity contribution is 7.17. The zero-order valence-electron chi connectivity index (χ0n) is 11.0. The first kappa shape index (κ1) is 13.1. The van der Waals surface area contributed by atoms with Gasteiger partial charge in [0, 0.05) is 10.4 Å². The van der Waals surface area contributed by atoms with Crippen LogP contribution in [0.4, 0.5) is 5.00 Å². The van der Waals surface area contributed by atoms with Gasteiger partial charge in [0.25, 0.3) is 5.91 Å².